The number of aryl methyl sites for hydroxylation is 1. The van der Waals surface area contributed by atoms with Crippen molar-refractivity contribution in [3.05, 3.63) is 52.0 Å². The summed E-state index contributed by atoms with van der Waals surface area (Å²) < 4.78 is 0. The van der Waals surface area contributed by atoms with Crippen LogP contribution in [0.5, 0.6) is 0 Å². The zero-order valence-electron chi connectivity index (χ0n) is 12.8. The monoisotopic (exact) mass is 302 g/mol. The van der Waals surface area contributed by atoms with Gasteiger partial charge >= 0.3 is 0 Å². The lowest BCUT2D eigenvalue weighted by atomic mass is 10.2. The molecule has 2 aromatic rings. The Morgan fingerprint density at radius 2 is 2.05 bits per heavy atom. The first-order valence-corrected chi connectivity index (χ1v) is 7.93. The van der Waals surface area contributed by atoms with E-state index >= 15 is 0 Å². The molecule has 1 aromatic carbocycles. The molecule has 0 saturated heterocycles. The zero-order chi connectivity index (χ0) is 15.1. The molecular weight excluding hydrogens is 280 g/mol. The number of rotatable bonds is 5. The van der Waals surface area contributed by atoms with Gasteiger partial charge in [-0.05, 0) is 12.5 Å². The number of nitrogens with one attached hydrogen (secondary N) is 1. The van der Waals surface area contributed by atoms with Gasteiger partial charge in [0.2, 0.25) is 0 Å². The number of hydrogen-bond acceptors (Lipinski definition) is 3. The Balaban J connectivity index is 1.87. The highest BCUT2D eigenvalue weighted by Gasteiger charge is 2.03. The average Bonchev–Trinajstić information content (AvgIpc) is 2.89. The first kappa shape index (κ1) is 15.5. The number of thiazole rings is 1. The lowest BCUT2D eigenvalue weighted by Crippen LogP contribution is -2.37. The minimum atomic E-state index is 0.692. The molecule has 1 N–H and O–H groups in total. The third kappa shape index (κ3) is 5.19. The molecule has 2 rings (SSSR count). The summed E-state index contributed by atoms with van der Waals surface area (Å²) in [4.78, 5) is 11.1. The Labute approximate surface area is 130 Å². The van der Waals surface area contributed by atoms with Gasteiger partial charge in [-0.2, -0.15) is 0 Å². The smallest absolute Gasteiger partial charge is 0.193 e. The Kier molecular flexibility index (Phi) is 5.75. The lowest BCUT2D eigenvalue weighted by Gasteiger charge is -2.17. The zero-order valence-corrected chi connectivity index (χ0v) is 13.7. The van der Waals surface area contributed by atoms with Crippen molar-refractivity contribution in [2.75, 3.05) is 20.6 Å². The third-order valence-electron chi connectivity index (χ3n) is 3.01. The topological polar surface area (TPSA) is 40.5 Å². The van der Waals surface area contributed by atoms with Crippen LogP contribution in [0.4, 0.5) is 0 Å². The number of aliphatic imine (C=N–C) groups is 1. The standard InChI is InChI=1S/C16H22N4S/c1-13-19-15(12-21-13)9-10-17-16(20(2)3)18-11-14-7-5-4-6-8-14/h4-8,12H,9-11H2,1-3H3,(H,17,18). The van der Waals surface area contributed by atoms with Gasteiger partial charge in [0.15, 0.2) is 5.96 Å². The van der Waals surface area contributed by atoms with Gasteiger partial charge in [0.1, 0.15) is 0 Å². The number of guanidine groups is 1. The molecule has 0 spiro atoms. The molecule has 0 atom stereocenters. The normalized spacial score (nSPS) is 11.5. The summed E-state index contributed by atoms with van der Waals surface area (Å²) in [6, 6.07) is 10.3. The molecule has 0 saturated carbocycles. The van der Waals surface area contributed by atoms with Crippen LogP contribution in [0.15, 0.2) is 40.7 Å². The molecule has 0 bridgehead atoms. The Morgan fingerprint density at radius 1 is 1.29 bits per heavy atom. The fourth-order valence-corrected chi connectivity index (χ4v) is 2.58. The molecule has 1 heterocycles. The van der Waals surface area contributed by atoms with Crippen molar-refractivity contribution in [1.82, 2.24) is 15.2 Å². The van der Waals surface area contributed by atoms with Crippen molar-refractivity contribution in [3.63, 3.8) is 0 Å². The van der Waals surface area contributed by atoms with Gasteiger partial charge in [-0.25, -0.2) is 9.98 Å². The number of benzene rings is 1. The second-order valence-corrected chi connectivity index (χ2v) is 6.12. The average molecular weight is 302 g/mol. The fraction of sp³-hybridized carbons (Fsp3) is 0.375. The molecule has 1 aromatic heterocycles. The van der Waals surface area contributed by atoms with Gasteiger partial charge in [0, 0.05) is 32.4 Å². The first-order chi connectivity index (χ1) is 10.1. The third-order valence-corrected chi connectivity index (χ3v) is 3.83. The second kappa shape index (κ2) is 7.78. The largest absolute Gasteiger partial charge is 0.356 e. The molecule has 0 radical (unpaired) electrons. The van der Waals surface area contributed by atoms with E-state index in [9.17, 15) is 0 Å². The maximum absolute atomic E-state index is 4.64. The van der Waals surface area contributed by atoms with Gasteiger partial charge in [-0.1, -0.05) is 30.3 Å². The Bertz CT molecular complexity index is 575. The molecule has 0 fully saturated rings. The van der Waals surface area contributed by atoms with Crippen LogP contribution < -0.4 is 5.32 Å². The van der Waals surface area contributed by atoms with Crippen molar-refractivity contribution >= 4 is 17.3 Å². The van der Waals surface area contributed by atoms with E-state index in [1.165, 1.54) is 5.56 Å². The van der Waals surface area contributed by atoms with Crippen LogP contribution in [0.2, 0.25) is 0 Å². The summed E-state index contributed by atoms with van der Waals surface area (Å²) >= 11 is 1.70. The van der Waals surface area contributed by atoms with Gasteiger partial charge in [-0.15, -0.1) is 11.3 Å². The quantitative estimate of drug-likeness (QED) is 0.682. The molecule has 21 heavy (non-hydrogen) atoms. The van der Waals surface area contributed by atoms with Crippen LogP contribution in [0.3, 0.4) is 0 Å². The van der Waals surface area contributed by atoms with E-state index in [-0.39, 0.29) is 0 Å². The highest BCUT2D eigenvalue weighted by atomic mass is 32.1. The van der Waals surface area contributed by atoms with E-state index in [1.54, 1.807) is 11.3 Å². The summed E-state index contributed by atoms with van der Waals surface area (Å²) in [7, 11) is 4.01. The Morgan fingerprint density at radius 3 is 2.67 bits per heavy atom. The van der Waals surface area contributed by atoms with E-state index in [0.29, 0.717) is 6.54 Å². The van der Waals surface area contributed by atoms with Crippen LogP contribution in [0.1, 0.15) is 16.3 Å². The lowest BCUT2D eigenvalue weighted by molar-refractivity contribution is 0.578. The van der Waals surface area contributed by atoms with Gasteiger partial charge in [-0.3, -0.25) is 0 Å². The van der Waals surface area contributed by atoms with Crippen molar-refractivity contribution in [1.29, 1.82) is 0 Å². The summed E-state index contributed by atoms with van der Waals surface area (Å²) in [5.41, 5.74) is 2.36. The SMILES string of the molecule is Cc1nc(CCNC(=NCc2ccccc2)N(C)C)cs1. The molecule has 5 heteroatoms. The maximum Gasteiger partial charge on any atom is 0.193 e. The molecule has 0 aliphatic carbocycles. The van der Waals surface area contributed by atoms with E-state index in [0.717, 1.165) is 29.6 Å². The van der Waals surface area contributed by atoms with Gasteiger partial charge in [0.25, 0.3) is 0 Å². The summed E-state index contributed by atoms with van der Waals surface area (Å²) in [6.45, 7) is 3.57. The van der Waals surface area contributed by atoms with Gasteiger partial charge in [0.05, 0.1) is 17.2 Å². The number of aromatic nitrogens is 1. The summed E-state index contributed by atoms with van der Waals surface area (Å²) in [6.07, 6.45) is 0.919. The minimum Gasteiger partial charge on any atom is -0.356 e. The molecule has 0 amide bonds. The van der Waals surface area contributed by atoms with Crippen LogP contribution in [-0.4, -0.2) is 36.5 Å². The van der Waals surface area contributed by atoms with E-state index < -0.39 is 0 Å². The van der Waals surface area contributed by atoms with Crippen LogP contribution in [-0.2, 0) is 13.0 Å². The summed E-state index contributed by atoms with van der Waals surface area (Å²) in [5.74, 6) is 0.908. The predicted molar refractivity (Wildman–Crippen MR) is 89.8 cm³/mol. The van der Waals surface area contributed by atoms with Crippen LogP contribution >= 0.6 is 11.3 Å². The molecule has 4 nitrogen and oxygen atoms in total. The molecule has 0 aliphatic heterocycles. The van der Waals surface area contributed by atoms with E-state index in [4.69, 9.17) is 0 Å². The highest BCUT2D eigenvalue weighted by Crippen LogP contribution is 2.07. The predicted octanol–water partition coefficient (Wildman–Crippen LogP) is 2.70. The van der Waals surface area contributed by atoms with Gasteiger partial charge < -0.3 is 10.2 Å². The fourth-order valence-electron chi connectivity index (χ4n) is 1.93. The van der Waals surface area contributed by atoms with Crippen LogP contribution in [0, 0.1) is 6.92 Å². The van der Waals surface area contributed by atoms with E-state index in [2.05, 4.69) is 32.8 Å². The second-order valence-electron chi connectivity index (χ2n) is 5.05. The maximum atomic E-state index is 4.64. The number of nitrogens with zero attached hydrogens (tertiary/aromatic N) is 3. The Hall–Kier alpha value is -1.88. The molecule has 0 unspecified atom stereocenters. The van der Waals surface area contributed by atoms with Crippen molar-refractivity contribution in [2.45, 2.75) is 19.9 Å². The minimum absolute atomic E-state index is 0.692. The molecule has 0 aliphatic rings. The molecular formula is C16H22N4S. The first-order valence-electron chi connectivity index (χ1n) is 7.05. The highest BCUT2D eigenvalue weighted by molar-refractivity contribution is 7.09. The number of hydrogen-bond donors (Lipinski definition) is 1. The molecule has 112 valence electrons. The van der Waals surface area contributed by atoms with Crippen molar-refractivity contribution in [2.24, 2.45) is 4.99 Å². The van der Waals surface area contributed by atoms with Crippen molar-refractivity contribution < 1.29 is 0 Å². The summed E-state index contributed by atoms with van der Waals surface area (Å²) in [5, 5.41) is 6.63. The van der Waals surface area contributed by atoms with Crippen LogP contribution in [0.25, 0.3) is 0 Å². The van der Waals surface area contributed by atoms with Crippen molar-refractivity contribution in [3.8, 4) is 0 Å². The van der Waals surface area contributed by atoms with E-state index in [1.807, 2.05) is 44.1 Å².